The molecule has 8 aromatic rings. The third-order valence-corrected chi connectivity index (χ3v) is 11.8. The minimum atomic E-state index is -0.144. The Bertz CT molecular complexity index is 2900. The van der Waals surface area contributed by atoms with Crippen molar-refractivity contribution >= 4 is 49.7 Å². The third kappa shape index (κ3) is 4.68. The lowest BCUT2D eigenvalue weighted by Crippen LogP contribution is -2.20. The molecule has 254 valence electrons. The average molecular weight is 682 g/mol. The molecule has 53 heavy (non-hydrogen) atoms. The topological polar surface area (TPSA) is 25.5 Å². The number of benzene rings is 7. The Kier molecular flexibility index (Phi) is 6.91. The van der Waals surface area contributed by atoms with Gasteiger partial charge in [-0.1, -0.05) is 142 Å². The summed E-state index contributed by atoms with van der Waals surface area (Å²) in [4.78, 5) is 5.65. The molecule has 0 saturated heterocycles. The maximum atomic E-state index is 6.45. The van der Waals surface area contributed by atoms with E-state index in [1.54, 1.807) is 0 Å². The summed E-state index contributed by atoms with van der Waals surface area (Å²) >= 11 is 0. The van der Waals surface area contributed by atoms with E-state index in [-0.39, 0.29) is 11.3 Å². The van der Waals surface area contributed by atoms with Gasteiger partial charge in [0.05, 0.1) is 11.4 Å². The predicted molar refractivity (Wildman–Crippen MR) is 224 cm³/mol. The minimum absolute atomic E-state index is 0.0401. The van der Waals surface area contributed by atoms with E-state index < -0.39 is 0 Å². The van der Waals surface area contributed by atoms with Crippen molar-refractivity contribution < 1.29 is 4.42 Å². The Morgan fingerprint density at radius 3 is 2.23 bits per heavy atom. The largest absolute Gasteiger partial charge is 0.456 e. The fraction of sp³-hybridized carbons (Fsp3) is 0.118. The van der Waals surface area contributed by atoms with Gasteiger partial charge in [0.15, 0.2) is 0 Å². The van der Waals surface area contributed by atoms with E-state index in [4.69, 9.17) is 16.0 Å². The van der Waals surface area contributed by atoms with E-state index in [1.807, 2.05) is 6.07 Å². The SMILES string of the molecule is C=C(C)c1ccccc1N=C(C(=C)C1Cc2cc3oc4ccccc4c3cc2-c2ccc3ccccc3c21)c1cccc2c1-c1ccccc1C2(C)C. The van der Waals surface area contributed by atoms with E-state index in [1.165, 1.54) is 55.3 Å². The first-order chi connectivity index (χ1) is 25.8. The molecule has 1 unspecified atom stereocenters. The molecule has 1 atom stereocenters. The van der Waals surface area contributed by atoms with Crippen LogP contribution in [0.4, 0.5) is 5.69 Å². The van der Waals surface area contributed by atoms with Crippen LogP contribution in [0.5, 0.6) is 0 Å². The number of nitrogens with zero attached hydrogens (tertiary/aromatic N) is 1. The smallest absolute Gasteiger partial charge is 0.135 e. The maximum Gasteiger partial charge on any atom is 0.135 e. The van der Waals surface area contributed by atoms with Crippen molar-refractivity contribution in [3.63, 3.8) is 0 Å². The van der Waals surface area contributed by atoms with Crippen molar-refractivity contribution in [2.75, 3.05) is 0 Å². The zero-order chi connectivity index (χ0) is 36.0. The molecule has 0 fully saturated rings. The van der Waals surface area contributed by atoms with Gasteiger partial charge in [-0.25, -0.2) is 4.99 Å². The van der Waals surface area contributed by atoms with Crippen LogP contribution in [-0.2, 0) is 11.8 Å². The van der Waals surface area contributed by atoms with Crippen LogP contribution >= 0.6 is 0 Å². The number of aliphatic imine (C=N–C) groups is 1. The number of rotatable bonds is 5. The zero-order valence-corrected chi connectivity index (χ0v) is 30.3. The second kappa shape index (κ2) is 11.6. The van der Waals surface area contributed by atoms with Gasteiger partial charge in [-0.05, 0) is 104 Å². The quantitative estimate of drug-likeness (QED) is 0.166. The van der Waals surface area contributed by atoms with E-state index in [2.05, 4.69) is 161 Å². The molecular weight excluding hydrogens is 643 g/mol. The van der Waals surface area contributed by atoms with Crippen molar-refractivity contribution in [3.8, 4) is 22.3 Å². The summed E-state index contributed by atoms with van der Waals surface area (Å²) in [6.07, 6.45) is 0.778. The van der Waals surface area contributed by atoms with Crippen LogP contribution in [0.1, 0.15) is 60.1 Å². The number of hydrogen-bond donors (Lipinski definition) is 0. The molecule has 2 heteroatoms. The first-order valence-electron chi connectivity index (χ1n) is 18.5. The van der Waals surface area contributed by atoms with Crippen LogP contribution in [0.25, 0.3) is 60.5 Å². The summed E-state index contributed by atoms with van der Waals surface area (Å²) < 4.78 is 6.45. The van der Waals surface area contributed by atoms with Crippen LogP contribution in [0.3, 0.4) is 0 Å². The van der Waals surface area contributed by atoms with Gasteiger partial charge in [0.2, 0.25) is 0 Å². The summed E-state index contributed by atoms with van der Waals surface area (Å²) in [5.74, 6) is -0.0401. The Balaban J connectivity index is 1.24. The van der Waals surface area contributed by atoms with Crippen molar-refractivity contribution in [3.05, 3.63) is 192 Å². The normalized spacial score (nSPS) is 15.6. The van der Waals surface area contributed by atoms with Crippen LogP contribution < -0.4 is 0 Å². The Morgan fingerprint density at radius 1 is 0.642 bits per heavy atom. The van der Waals surface area contributed by atoms with Gasteiger partial charge in [-0.3, -0.25) is 0 Å². The Morgan fingerprint density at radius 2 is 1.36 bits per heavy atom. The number of hydrogen-bond acceptors (Lipinski definition) is 2. The minimum Gasteiger partial charge on any atom is -0.456 e. The highest BCUT2D eigenvalue weighted by molar-refractivity contribution is 6.19. The molecule has 0 spiro atoms. The van der Waals surface area contributed by atoms with Crippen molar-refractivity contribution in [2.24, 2.45) is 4.99 Å². The molecule has 2 aliphatic carbocycles. The second-order valence-corrected chi connectivity index (χ2v) is 15.3. The fourth-order valence-corrected chi connectivity index (χ4v) is 9.23. The molecule has 1 aromatic heterocycles. The molecule has 10 rings (SSSR count). The standard InChI is InChI=1S/C51H39NO/c1-30(2)34-16-9-12-23-45(34)52-50(39-20-14-22-44-49(39)38-19-8-11-21-43(38)51(44,4)5)31(3)40-27-33-28-47-42(36-18-10-13-24-46(36)53-47)29-41(33)37-26-25-32-15-6-7-17-35(32)48(37)40/h6-26,28-29,40H,1,3,27H2,2,4-5H3. The average Bonchev–Trinajstić information content (AvgIpc) is 3.66. The van der Waals surface area contributed by atoms with Crippen LogP contribution in [0.15, 0.2) is 168 Å². The Labute approximate surface area is 310 Å². The lowest BCUT2D eigenvalue weighted by Gasteiger charge is -2.32. The van der Waals surface area contributed by atoms with Crippen molar-refractivity contribution in [2.45, 2.75) is 38.5 Å². The van der Waals surface area contributed by atoms with Gasteiger partial charge in [-0.15, -0.1) is 0 Å². The first-order valence-corrected chi connectivity index (χ1v) is 18.5. The van der Waals surface area contributed by atoms with E-state index >= 15 is 0 Å². The molecule has 2 aliphatic rings. The monoisotopic (exact) mass is 681 g/mol. The maximum absolute atomic E-state index is 6.45. The van der Waals surface area contributed by atoms with E-state index in [0.717, 1.165) is 62.0 Å². The third-order valence-electron chi connectivity index (χ3n) is 11.8. The zero-order valence-electron chi connectivity index (χ0n) is 30.3. The first kappa shape index (κ1) is 31.5. The number of allylic oxidation sites excluding steroid dienone is 2. The van der Waals surface area contributed by atoms with Crippen LogP contribution in [0, 0.1) is 0 Å². The summed E-state index contributed by atoms with van der Waals surface area (Å²) in [6.45, 7) is 16.1. The number of furan rings is 1. The van der Waals surface area contributed by atoms with Crippen LogP contribution in [-0.4, -0.2) is 5.71 Å². The molecule has 0 N–H and O–H groups in total. The summed E-state index contributed by atoms with van der Waals surface area (Å²) in [5.41, 5.74) is 17.9. The molecule has 0 radical (unpaired) electrons. The molecule has 0 aliphatic heterocycles. The Hall–Kier alpha value is -6.25. The number of para-hydroxylation sites is 2. The van der Waals surface area contributed by atoms with Crippen LogP contribution in [0.2, 0.25) is 0 Å². The van der Waals surface area contributed by atoms with Gasteiger partial charge in [0, 0.05) is 33.2 Å². The molecule has 1 heterocycles. The highest BCUT2D eigenvalue weighted by atomic mass is 16.3. The van der Waals surface area contributed by atoms with Gasteiger partial charge in [0.25, 0.3) is 0 Å². The van der Waals surface area contributed by atoms with Gasteiger partial charge < -0.3 is 4.42 Å². The molecule has 0 amide bonds. The van der Waals surface area contributed by atoms with Crippen molar-refractivity contribution in [1.82, 2.24) is 0 Å². The van der Waals surface area contributed by atoms with Gasteiger partial charge >= 0.3 is 0 Å². The molecular formula is C51H39NO. The van der Waals surface area contributed by atoms with Gasteiger partial charge in [-0.2, -0.15) is 0 Å². The highest BCUT2D eigenvalue weighted by Crippen LogP contribution is 2.52. The van der Waals surface area contributed by atoms with E-state index in [9.17, 15) is 0 Å². The fourth-order valence-electron chi connectivity index (χ4n) is 9.23. The highest BCUT2D eigenvalue weighted by Gasteiger charge is 2.39. The summed E-state index contributed by atoms with van der Waals surface area (Å²) in [7, 11) is 0. The summed E-state index contributed by atoms with van der Waals surface area (Å²) in [6, 6.07) is 50.3. The predicted octanol–water partition coefficient (Wildman–Crippen LogP) is 13.8. The van der Waals surface area contributed by atoms with Crippen molar-refractivity contribution in [1.29, 1.82) is 0 Å². The molecule has 7 aromatic carbocycles. The van der Waals surface area contributed by atoms with Gasteiger partial charge in [0.1, 0.15) is 11.2 Å². The number of fused-ring (bicyclic) bond motifs is 11. The molecule has 0 bridgehead atoms. The lowest BCUT2D eigenvalue weighted by atomic mass is 9.72. The molecule has 0 saturated carbocycles. The summed E-state index contributed by atoms with van der Waals surface area (Å²) in [5, 5.41) is 4.77. The lowest BCUT2D eigenvalue weighted by molar-refractivity contribution is 0.660. The second-order valence-electron chi connectivity index (χ2n) is 15.3. The molecule has 2 nitrogen and oxygen atoms in total. The van der Waals surface area contributed by atoms with E-state index in [0.29, 0.717) is 0 Å².